The van der Waals surface area contributed by atoms with Gasteiger partial charge in [0.2, 0.25) is 0 Å². The number of rotatable bonds is 2. The van der Waals surface area contributed by atoms with E-state index in [1.807, 2.05) is 36.4 Å². The summed E-state index contributed by atoms with van der Waals surface area (Å²) in [4.78, 5) is 11.2. The van der Waals surface area contributed by atoms with Gasteiger partial charge in [-0.1, -0.05) is 36.1 Å². The van der Waals surface area contributed by atoms with Crippen LogP contribution in [0, 0.1) is 11.8 Å². The molecule has 2 heteroatoms. The summed E-state index contributed by atoms with van der Waals surface area (Å²) in [6, 6.07) is 14.9. The van der Waals surface area contributed by atoms with Crippen LogP contribution >= 0.6 is 0 Å². The highest BCUT2D eigenvalue weighted by Crippen LogP contribution is 2.15. The minimum atomic E-state index is 0.0595. The van der Waals surface area contributed by atoms with Crippen LogP contribution in [0.1, 0.15) is 28.4 Å². The van der Waals surface area contributed by atoms with Crippen molar-refractivity contribution in [3.8, 4) is 17.6 Å². The van der Waals surface area contributed by atoms with Crippen molar-refractivity contribution < 1.29 is 9.53 Å². The zero-order chi connectivity index (χ0) is 13.7. The second-order valence-corrected chi connectivity index (χ2v) is 4.08. The number of ether oxygens (including phenoxy) is 1. The van der Waals surface area contributed by atoms with Crippen LogP contribution in [0.25, 0.3) is 0 Å². The maximum absolute atomic E-state index is 11.2. The zero-order valence-corrected chi connectivity index (χ0v) is 10.9. The number of ketones is 1. The Balaban J connectivity index is 2.26. The topological polar surface area (TPSA) is 26.3 Å². The first-order chi connectivity index (χ1) is 9.20. The Morgan fingerprint density at radius 1 is 1.00 bits per heavy atom. The minimum absolute atomic E-state index is 0.0595. The first kappa shape index (κ1) is 12.9. The van der Waals surface area contributed by atoms with Crippen LogP contribution in [0.3, 0.4) is 0 Å². The SMILES string of the molecule is COc1ccccc1C#Cc1ccc(C(C)=O)cc1. The lowest BCUT2D eigenvalue weighted by atomic mass is 10.1. The van der Waals surface area contributed by atoms with Gasteiger partial charge in [-0.2, -0.15) is 0 Å². The molecule has 94 valence electrons. The fraction of sp³-hybridized carbons (Fsp3) is 0.118. The van der Waals surface area contributed by atoms with E-state index in [2.05, 4.69) is 11.8 Å². The Morgan fingerprint density at radius 2 is 1.68 bits per heavy atom. The molecule has 0 fully saturated rings. The molecule has 0 saturated heterocycles. The lowest BCUT2D eigenvalue weighted by Crippen LogP contribution is -1.90. The van der Waals surface area contributed by atoms with E-state index in [1.165, 1.54) is 0 Å². The first-order valence-electron chi connectivity index (χ1n) is 5.97. The quantitative estimate of drug-likeness (QED) is 0.604. The van der Waals surface area contributed by atoms with Crippen molar-refractivity contribution in [2.45, 2.75) is 6.92 Å². The molecule has 0 spiro atoms. The van der Waals surface area contributed by atoms with E-state index < -0.39 is 0 Å². The third-order valence-electron chi connectivity index (χ3n) is 2.74. The van der Waals surface area contributed by atoms with E-state index >= 15 is 0 Å². The van der Waals surface area contributed by atoms with Crippen molar-refractivity contribution in [1.29, 1.82) is 0 Å². The van der Waals surface area contributed by atoms with E-state index in [9.17, 15) is 4.79 Å². The van der Waals surface area contributed by atoms with Gasteiger partial charge in [0.25, 0.3) is 0 Å². The van der Waals surface area contributed by atoms with Gasteiger partial charge < -0.3 is 4.74 Å². The molecule has 2 rings (SSSR count). The lowest BCUT2D eigenvalue weighted by Gasteiger charge is -2.01. The van der Waals surface area contributed by atoms with Crippen LogP contribution in [0.15, 0.2) is 48.5 Å². The Labute approximate surface area is 113 Å². The monoisotopic (exact) mass is 250 g/mol. The lowest BCUT2D eigenvalue weighted by molar-refractivity contribution is 0.101. The summed E-state index contributed by atoms with van der Waals surface area (Å²) in [5.74, 6) is 6.95. The van der Waals surface area contributed by atoms with E-state index in [0.717, 1.165) is 16.9 Å². The van der Waals surface area contributed by atoms with Crippen LogP contribution in [0.2, 0.25) is 0 Å². The van der Waals surface area contributed by atoms with Gasteiger partial charge in [0.1, 0.15) is 5.75 Å². The number of hydrogen-bond acceptors (Lipinski definition) is 2. The molecular weight excluding hydrogens is 236 g/mol. The molecule has 0 aliphatic heterocycles. The number of methoxy groups -OCH3 is 1. The zero-order valence-electron chi connectivity index (χ0n) is 10.9. The number of para-hydroxylation sites is 1. The number of carbonyl (C=O) groups excluding carboxylic acids is 1. The van der Waals surface area contributed by atoms with Gasteiger partial charge in [-0.25, -0.2) is 0 Å². The van der Waals surface area contributed by atoms with Crippen molar-refractivity contribution in [2.24, 2.45) is 0 Å². The van der Waals surface area contributed by atoms with Crippen molar-refractivity contribution in [3.05, 3.63) is 65.2 Å². The van der Waals surface area contributed by atoms with Gasteiger partial charge >= 0.3 is 0 Å². The fourth-order valence-corrected chi connectivity index (χ4v) is 1.68. The Morgan fingerprint density at radius 3 is 2.32 bits per heavy atom. The van der Waals surface area contributed by atoms with Gasteiger partial charge in [0, 0.05) is 11.1 Å². The molecule has 2 aromatic rings. The Hall–Kier alpha value is -2.53. The van der Waals surface area contributed by atoms with Crippen LogP contribution in [-0.2, 0) is 0 Å². The molecule has 0 atom stereocenters. The summed E-state index contributed by atoms with van der Waals surface area (Å²) in [5.41, 5.74) is 2.42. The van der Waals surface area contributed by atoms with Gasteiger partial charge in [0.15, 0.2) is 5.78 Å². The maximum atomic E-state index is 11.2. The number of hydrogen-bond donors (Lipinski definition) is 0. The summed E-state index contributed by atoms with van der Waals surface area (Å²) in [6.45, 7) is 1.55. The van der Waals surface area contributed by atoms with E-state index in [0.29, 0.717) is 5.56 Å². The second kappa shape index (κ2) is 5.88. The van der Waals surface area contributed by atoms with E-state index in [1.54, 1.807) is 26.2 Å². The molecule has 19 heavy (non-hydrogen) atoms. The molecule has 0 bridgehead atoms. The molecule has 0 saturated carbocycles. The molecule has 2 nitrogen and oxygen atoms in total. The van der Waals surface area contributed by atoms with Gasteiger partial charge in [-0.3, -0.25) is 4.79 Å². The predicted octanol–water partition coefficient (Wildman–Crippen LogP) is 3.30. The molecule has 2 aromatic carbocycles. The van der Waals surface area contributed by atoms with Crippen LogP contribution in [0.5, 0.6) is 5.75 Å². The van der Waals surface area contributed by atoms with Gasteiger partial charge in [0.05, 0.1) is 12.7 Å². The van der Waals surface area contributed by atoms with Crippen molar-refractivity contribution in [3.63, 3.8) is 0 Å². The third kappa shape index (κ3) is 3.23. The average Bonchev–Trinajstić information content (AvgIpc) is 2.45. The molecule has 0 aliphatic carbocycles. The molecule has 0 aromatic heterocycles. The predicted molar refractivity (Wildman–Crippen MR) is 75.4 cm³/mol. The highest BCUT2D eigenvalue weighted by atomic mass is 16.5. The second-order valence-electron chi connectivity index (χ2n) is 4.08. The normalized spacial score (nSPS) is 9.37. The molecule has 0 amide bonds. The molecule has 0 unspecified atom stereocenters. The highest BCUT2D eigenvalue weighted by molar-refractivity contribution is 5.94. The number of benzene rings is 2. The van der Waals surface area contributed by atoms with Crippen molar-refractivity contribution >= 4 is 5.78 Å². The van der Waals surface area contributed by atoms with Crippen LogP contribution < -0.4 is 4.74 Å². The average molecular weight is 250 g/mol. The largest absolute Gasteiger partial charge is 0.495 e. The van der Waals surface area contributed by atoms with Crippen LogP contribution in [-0.4, -0.2) is 12.9 Å². The van der Waals surface area contributed by atoms with Crippen molar-refractivity contribution in [2.75, 3.05) is 7.11 Å². The van der Waals surface area contributed by atoms with E-state index in [-0.39, 0.29) is 5.78 Å². The Bertz CT molecular complexity index is 643. The first-order valence-corrected chi connectivity index (χ1v) is 5.97. The van der Waals surface area contributed by atoms with Crippen molar-refractivity contribution in [1.82, 2.24) is 0 Å². The fourth-order valence-electron chi connectivity index (χ4n) is 1.68. The number of Topliss-reactive ketones (excluding diaryl/α,β-unsaturated/α-hetero) is 1. The van der Waals surface area contributed by atoms with Gasteiger partial charge in [-0.05, 0) is 31.2 Å². The molecular formula is C17H14O2. The molecule has 0 aliphatic rings. The summed E-state index contributed by atoms with van der Waals surface area (Å²) in [5, 5.41) is 0. The third-order valence-corrected chi connectivity index (χ3v) is 2.74. The summed E-state index contributed by atoms with van der Waals surface area (Å²) in [6.07, 6.45) is 0. The molecule has 0 radical (unpaired) electrons. The summed E-state index contributed by atoms with van der Waals surface area (Å²) < 4.78 is 5.24. The summed E-state index contributed by atoms with van der Waals surface area (Å²) in [7, 11) is 1.63. The highest BCUT2D eigenvalue weighted by Gasteiger charge is 1.98. The van der Waals surface area contributed by atoms with E-state index in [4.69, 9.17) is 4.74 Å². The minimum Gasteiger partial charge on any atom is -0.495 e. The van der Waals surface area contributed by atoms with Crippen LogP contribution in [0.4, 0.5) is 0 Å². The molecule has 0 heterocycles. The molecule has 0 N–H and O–H groups in total. The Kier molecular flexibility index (Phi) is 4.00. The smallest absolute Gasteiger partial charge is 0.159 e. The standard InChI is InChI=1S/C17H14O2/c1-13(18)15-10-7-14(8-11-15)9-12-16-5-3-4-6-17(16)19-2/h3-8,10-11H,1-2H3. The summed E-state index contributed by atoms with van der Waals surface area (Å²) >= 11 is 0. The van der Waals surface area contributed by atoms with Gasteiger partial charge in [-0.15, -0.1) is 0 Å². The number of carbonyl (C=O) groups is 1. The maximum Gasteiger partial charge on any atom is 0.159 e.